The zero-order valence-electron chi connectivity index (χ0n) is 19.8. The second-order valence-electron chi connectivity index (χ2n) is 8.62. The standard InChI is InChI=1S/C24H29N3O2.C2H2O4/c1-18(2)15-26-11-13-27(14-12-26)16-19(28)17-29-25-24-22-9-5-3-7-20(22)21-8-4-6-10-23(21)24;3-1(4)2(5)6/h3-10,19,28H,1,11-17H2,2H3;(H,3,4)(H,5,6). The van der Waals surface area contributed by atoms with Gasteiger partial charge in [-0.05, 0) is 18.1 Å². The van der Waals surface area contributed by atoms with Gasteiger partial charge in [-0.25, -0.2) is 9.59 Å². The summed E-state index contributed by atoms with van der Waals surface area (Å²) in [6.45, 7) is 11.8. The summed E-state index contributed by atoms with van der Waals surface area (Å²) < 4.78 is 0. The second-order valence-corrected chi connectivity index (χ2v) is 8.62. The van der Waals surface area contributed by atoms with E-state index in [0.29, 0.717) is 6.54 Å². The molecule has 0 radical (unpaired) electrons. The first-order valence-electron chi connectivity index (χ1n) is 11.4. The number of oxime groups is 1. The minimum atomic E-state index is -1.82. The van der Waals surface area contributed by atoms with Crippen LogP contribution in [-0.4, -0.2) is 94.7 Å². The number of fused-ring (bicyclic) bond motifs is 3. The maximum atomic E-state index is 10.4. The third-order valence-corrected chi connectivity index (χ3v) is 5.69. The minimum absolute atomic E-state index is 0.194. The van der Waals surface area contributed by atoms with Crippen LogP contribution in [0.3, 0.4) is 0 Å². The van der Waals surface area contributed by atoms with Crippen molar-refractivity contribution in [2.45, 2.75) is 13.0 Å². The van der Waals surface area contributed by atoms with Gasteiger partial charge in [0.2, 0.25) is 0 Å². The number of carboxylic acid groups (broad SMARTS) is 2. The number of carboxylic acids is 2. The van der Waals surface area contributed by atoms with Crippen molar-refractivity contribution in [3.8, 4) is 11.1 Å². The molecule has 186 valence electrons. The third kappa shape index (κ3) is 7.22. The van der Waals surface area contributed by atoms with Crippen molar-refractivity contribution in [3.05, 3.63) is 71.8 Å². The third-order valence-electron chi connectivity index (χ3n) is 5.69. The summed E-state index contributed by atoms with van der Waals surface area (Å²) in [5.41, 5.74) is 6.56. The Morgan fingerprint density at radius 3 is 1.83 bits per heavy atom. The molecule has 1 fully saturated rings. The zero-order chi connectivity index (χ0) is 25.4. The van der Waals surface area contributed by atoms with Crippen molar-refractivity contribution in [2.24, 2.45) is 5.16 Å². The van der Waals surface area contributed by atoms with Crippen LogP contribution in [0.5, 0.6) is 0 Å². The van der Waals surface area contributed by atoms with Gasteiger partial charge in [-0.3, -0.25) is 9.80 Å². The molecule has 0 saturated carbocycles. The van der Waals surface area contributed by atoms with Crippen LogP contribution in [0.25, 0.3) is 11.1 Å². The molecule has 3 N–H and O–H groups in total. The van der Waals surface area contributed by atoms with Gasteiger partial charge < -0.3 is 20.2 Å². The van der Waals surface area contributed by atoms with Crippen LogP contribution < -0.4 is 0 Å². The van der Waals surface area contributed by atoms with Gasteiger partial charge in [0, 0.05) is 50.4 Å². The van der Waals surface area contributed by atoms with Gasteiger partial charge >= 0.3 is 11.9 Å². The van der Waals surface area contributed by atoms with Crippen LogP contribution in [-0.2, 0) is 14.4 Å². The number of benzene rings is 2. The highest BCUT2D eigenvalue weighted by molar-refractivity contribution is 6.27. The molecule has 0 spiro atoms. The van der Waals surface area contributed by atoms with E-state index in [2.05, 4.69) is 52.7 Å². The monoisotopic (exact) mass is 481 g/mol. The number of piperazine rings is 1. The maximum Gasteiger partial charge on any atom is 0.414 e. The predicted octanol–water partition coefficient (Wildman–Crippen LogP) is 2.15. The van der Waals surface area contributed by atoms with Gasteiger partial charge in [0.1, 0.15) is 18.4 Å². The van der Waals surface area contributed by atoms with E-state index in [9.17, 15) is 5.11 Å². The molecule has 1 atom stereocenters. The molecule has 2 aromatic carbocycles. The van der Waals surface area contributed by atoms with Gasteiger partial charge in [-0.15, -0.1) is 0 Å². The van der Waals surface area contributed by atoms with E-state index >= 15 is 0 Å². The summed E-state index contributed by atoms with van der Waals surface area (Å²) in [6.07, 6.45) is -0.557. The van der Waals surface area contributed by atoms with Crippen molar-refractivity contribution in [3.63, 3.8) is 0 Å². The van der Waals surface area contributed by atoms with Crippen molar-refractivity contribution in [1.82, 2.24) is 9.80 Å². The Labute approximate surface area is 204 Å². The fourth-order valence-electron chi connectivity index (χ4n) is 4.14. The molecule has 1 saturated heterocycles. The van der Waals surface area contributed by atoms with E-state index in [4.69, 9.17) is 24.6 Å². The molecule has 1 aliphatic heterocycles. The number of β-amino-alcohol motifs (C(OH)–C–C–N with tert-alkyl or cyclic N) is 1. The lowest BCUT2D eigenvalue weighted by Crippen LogP contribution is -2.49. The van der Waals surface area contributed by atoms with Crippen LogP contribution in [0.1, 0.15) is 18.1 Å². The van der Waals surface area contributed by atoms with Gasteiger partial charge in [0.05, 0.1) is 0 Å². The van der Waals surface area contributed by atoms with Crippen molar-refractivity contribution in [2.75, 3.05) is 45.9 Å². The van der Waals surface area contributed by atoms with Crippen LogP contribution in [0.15, 0.2) is 65.8 Å². The Balaban J connectivity index is 0.000000509. The van der Waals surface area contributed by atoms with Gasteiger partial charge in [-0.2, -0.15) is 0 Å². The number of aliphatic carboxylic acids is 2. The molecule has 4 rings (SSSR count). The molecule has 0 bridgehead atoms. The quantitative estimate of drug-likeness (QED) is 0.267. The second kappa shape index (κ2) is 12.3. The van der Waals surface area contributed by atoms with Crippen molar-refractivity contribution >= 4 is 17.7 Å². The zero-order valence-corrected chi connectivity index (χ0v) is 19.8. The number of hydrogen-bond donors (Lipinski definition) is 3. The summed E-state index contributed by atoms with van der Waals surface area (Å²) >= 11 is 0. The summed E-state index contributed by atoms with van der Waals surface area (Å²) in [7, 11) is 0. The van der Waals surface area contributed by atoms with E-state index in [1.54, 1.807) is 0 Å². The first kappa shape index (κ1) is 26.1. The fourth-order valence-corrected chi connectivity index (χ4v) is 4.14. The van der Waals surface area contributed by atoms with Crippen LogP contribution in [0, 0.1) is 0 Å². The summed E-state index contributed by atoms with van der Waals surface area (Å²) in [6, 6.07) is 16.5. The van der Waals surface area contributed by atoms with E-state index in [-0.39, 0.29) is 6.61 Å². The van der Waals surface area contributed by atoms with Gasteiger partial charge in [0.15, 0.2) is 0 Å². The highest BCUT2D eigenvalue weighted by Gasteiger charge is 2.25. The molecule has 1 aliphatic carbocycles. The van der Waals surface area contributed by atoms with Crippen LogP contribution >= 0.6 is 0 Å². The lowest BCUT2D eigenvalue weighted by Gasteiger charge is -2.35. The average Bonchev–Trinajstić information content (AvgIpc) is 3.14. The molecule has 0 aromatic heterocycles. The molecular formula is C26H31N3O6. The summed E-state index contributed by atoms with van der Waals surface area (Å²) in [4.78, 5) is 28.5. The minimum Gasteiger partial charge on any atom is -0.473 e. The van der Waals surface area contributed by atoms with Crippen LogP contribution in [0.4, 0.5) is 0 Å². The van der Waals surface area contributed by atoms with Crippen LogP contribution in [0.2, 0.25) is 0 Å². The average molecular weight is 482 g/mol. The lowest BCUT2D eigenvalue weighted by atomic mass is 10.1. The van der Waals surface area contributed by atoms with Gasteiger partial charge in [0.25, 0.3) is 0 Å². The largest absolute Gasteiger partial charge is 0.473 e. The Kier molecular flexibility index (Phi) is 9.13. The first-order valence-corrected chi connectivity index (χ1v) is 11.4. The number of carbonyl (C=O) groups is 2. The normalized spacial score (nSPS) is 15.8. The highest BCUT2D eigenvalue weighted by atomic mass is 16.6. The molecule has 35 heavy (non-hydrogen) atoms. The Morgan fingerprint density at radius 2 is 1.37 bits per heavy atom. The van der Waals surface area contributed by atoms with E-state index in [0.717, 1.165) is 49.6 Å². The van der Waals surface area contributed by atoms with E-state index < -0.39 is 18.0 Å². The fraction of sp³-hybridized carbons (Fsp3) is 0.346. The summed E-state index contributed by atoms with van der Waals surface area (Å²) in [5.74, 6) is -3.65. The number of hydrogen-bond acceptors (Lipinski definition) is 7. The Morgan fingerprint density at radius 1 is 0.914 bits per heavy atom. The topological polar surface area (TPSA) is 123 Å². The molecular weight excluding hydrogens is 450 g/mol. The molecule has 1 heterocycles. The molecule has 2 aliphatic rings. The Bertz CT molecular complexity index is 1030. The number of aliphatic hydroxyl groups excluding tert-OH is 1. The predicted molar refractivity (Wildman–Crippen MR) is 132 cm³/mol. The smallest absolute Gasteiger partial charge is 0.414 e. The SMILES string of the molecule is C=C(C)CN1CCN(CC(O)CON=C2c3ccccc3-c3ccccc32)CC1.O=C(O)C(=O)O. The number of nitrogens with zero attached hydrogens (tertiary/aromatic N) is 3. The highest BCUT2D eigenvalue weighted by Crippen LogP contribution is 2.36. The van der Waals surface area contributed by atoms with Gasteiger partial charge in [-0.1, -0.05) is 65.8 Å². The first-order chi connectivity index (χ1) is 16.8. The maximum absolute atomic E-state index is 10.4. The van der Waals surface area contributed by atoms with Crippen molar-refractivity contribution in [1.29, 1.82) is 0 Å². The Hall–Kier alpha value is -3.53. The summed E-state index contributed by atoms with van der Waals surface area (Å²) in [5, 5.41) is 29.6. The molecule has 1 unspecified atom stereocenters. The lowest BCUT2D eigenvalue weighted by molar-refractivity contribution is -0.159. The molecule has 0 amide bonds. The van der Waals surface area contributed by atoms with E-state index in [1.165, 1.54) is 16.7 Å². The molecule has 9 nitrogen and oxygen atoms in total. The number of aliphatic hydroxyl groups is 1. The van der Waals surface area contributed by atoms with Crippen molar-refractivity contribution < 1.29 is 29.7 Å². The van der Waals surface area contributed by atoms with E-state index in [1.807, 2.05) is 24.3 Å². The number of rotatable bonds is 7. The molecule has 2 aromatic rings. The molecule has 9 heteroatoms.